The van der Waals surface area contributed by atoms with Crippen molar-refractivity contribution in [2.75, 3.05) is 36.8 Å². The van der Waals surface area contributed by atoms with Crippen molar-refractivity contribution < 1.29 is 0 Å². The number of aromatic nitrogens is 2. The van der Waals surface area contributed by atoms with Gasteiger partial charge in [0, 0.05) is 43.1 Å². The Morgan fingerprint density at radius 1 is 0.920 bits per heavy atom. The van der Waals surface area contributed by atoms with E-state index >= 15 is 0 Å². The molecule has 1 aromatic heterocycles. The van der Waals surface area contributed by atoms with Gasteiger partial charge in [0.25, 0.3) is 0 Å². The van der Waals surface area contributed by atoms with Crippen molar-refractivity contribution in [1.29, 1.82) is 0 Å². The molecule has 0 radical (unpaired) electrons. The Balaban J connectivity index is 1.46. The molecule has 0 amide bonds. The number of nitrogens with zero attached hydrogens (tertiary/aromatic N) is 4. The molecule has 1 saturated heterocycles. The summed E-state index contributed by atoms with van der Waals surface area (Å²) >= 11 is 6.27. The van der Waals surface area contributed by atoms with Crippen LogP contribution in [-0.2, 0) is 6.54 Å². The van der Waals surface area contributed by atoms with Crippen LogP contribution in [-0.4, -0.2) is 41.0 Å². The zero-order chi connectivity index (χ0) is 17.2. The Morgan fingerprint density at radius 3 is 2.44 bits per heavy atom. The average molecular weight is 354 g/mol. The van der Waals surface area contributed by atoms with Gasteiger partial charge in [0.15, 0.2) is 0 Å². The molecule has 3 aromatic rings. The van der Waals surface area contributed by atoms with E-state index in [2.05, 4.69) is 25.8 Å². The van der Waals surface area contributed by atoms with Crippen molar-refractivity contribution >= 4 is 34.3 Å². The summed E-state index contributed by atoms with van der Waals surface area (Å²) in [5, 5.41) is 1.74. The van der Waals surface area contributed by atoms with Crippen molar-refractivity contribution in [1.82, 2.24) is 14.9 Å². The second-order valence-corrected chi connectivity index (χ2v) is 6.69. The minimum Gasteiger partial charge on any atom is -0.383 e. The highest BCUT2D eigenvalue weighted by Crippen LogP contribution is 2.23. The quantitative estimate of drug-likeness (QED) is 0.783. The third-order valence-electron chi connectivity index (χ3n) is 4.63. The number of anilines is 2. The van der Waals surface area contributed by atoms with Crippen LogP contribution >= 0.6 is 11.6 Å². The van der Waals surface area contributed by atoms with Gasteiger partial charge in [-0.1, -0.05) is 41.9 Å². The van der Waals surface area contributed by atoms with Gasteiger partial charge in [0.1, 0.15) is 5.82 Å². The van der Waals surface area contributed by atoms with E-state index in [1.54, 1.807) is 0 Å². The van der Waals surface area contributed by atoms with Crippen LogP contribution in [0.2, 0.25) is 5.02 Å². The maximum absolute atomic E-state index is 6.27. The minimum absolute atomic E-state index is 0.541. The lowest BCUT2D eigenvalue weighted by atomic mass is 10.2. The van der Waals surface area contributed by atoms with Gasteiger partial charge in [-0.3, -0.25) is 4.90 Å². The van der Waals surface area contributed by atoms with Crippen LogP contribution < -0.4 is 10.6 Å². The highest BCUT2D eigenvalue weighted by atomic mass is 35.5. The molecule has 2 aromatic carbocycles. The van der Waals surface area contributed by atoms with E-state index in [1.807, 2.05) is 42.5 Å². The van der Waals surface area contributed by atoms with E-state index < -0.39 is 0 Å². The number of rotatable bonds is 3. The fourth-order valence-electron chi connectivity index (χ4n) is 3.20. The molecule has 0 aliphatic carbocycles. The van der Waals surface area contributed by atoms with Gasteiger partial charge in [0.05, 0.1) is 5.52 Å². The van der Waals surface area contributed by atoms with Crippen LogP contribution in [0.4, 0.5) is 11.8 Å². The number of hydrogen-bond donors (Lipinski definition) is 1. The van der Waals surface area contributed by atoms with Crippen molar-refractivity contribution in [2.45, 2.75) is 6.54 Å². The molecular weight excluding hydrogens is 334 g/mol. The lowest BCUT2D eigenvalue weighted by molar-refractivity contribution is 0.249. The van der Waals surface area contributed by atoms with Gasteiger partial charge in [0.2, 0.25) is 5.95 Å². The van der Waals surface area contributed by atoms with Gasteiger partial charge in [-0.2, -0.15) is 4.98 Å². The molecule has 0 unspecified atom stereocenters. The second-order valence-electron chi connectivity index (χ2n) is 6.28. The van der Waals surface area contributed by atoms with E-state index in [9.17, 15) is 0 Å². The Kier molecular flexibility index (Phi) is 4.42. The summed E-state index contributed by atoms with van der Waals surface area (Å²) in [7, 11) is 0. The van der Waals surface area contributed by atoms with Crippen LogP contribution in [0.5, 0.6) is 0 Å². The first-order valence-electron chi connectivity index (χ1n) is 8.44. The number of fused-ring (bicyclic) bond motifs is 1. The normalized spacial score (nSPS) is 15.6. The van der Waals surface area contributed by atoms with E-state index in [4.69, 9.17) is 17.3 Å². The van der Waals surface area contributed by atoms with Gasteiger partial charge in [-0.15, -0.1) is 0 Å². The van der Waals surface area contributed by atoms with E-state index in [0.717, 1.165) is 48.6 Å². The van der Waals surface area contributed by atoms with Crippen molar-refractivity contribution in [3.63, 3.8) is 0 Å². The third-order valence-corrected chi connectivity index (χ3v) is 5.00. The Bertz CT molecular complexity index is 890. The van der Waals surface area contributed by atoms with Crippen LogP contribution in [0, 0.1) is 0 Å². The van der Waals surface area contributed by atoms with Crippen LogP contribution in [0.15, 0.2) is 48.5 Å². The molecular formula is C19H20ClN5. The van der Waals surface area contributed by atoms with Crippen molar-refractivity contribution in [3.8, 4) is 0 Å². The minimum atomic E-state index is 0.541. The summed E-state index contributed by atoms with van der Waals surface area (Å²) in [6.45, 7) is 4.52. The SMILES string of the molecule is Nc1nc(N2CCN(Cc3ccccc3Cl)CC2)nc2ccccc12. The lowest BCUT2D eigenvalue weighted by Crippen LogP contribution is -2.46. The van der Waals surface area contributed by atoms with Crippen molar-refractivity contribution in [2.24, 2.45) is 0 Å². The molecule has 6 heteroatoms. The zero-order valence-electron chi connectivity index (χ0n) is 13.9. The van der Waals surface area contributed by atoms with Crippen LogP contribution in [0.3, 0.4) is 0 Å². The Labute approximate surface area is 152 Å². The highest BCUT2D eigenvalue weighted by Gasteiger charge is 2.20. The average Bonchev–Trinajstić information content (AvgIpc) is 2.64. The molecule has 1 aliphatic heterocycles. The summed E-state index contributed by atoms with van der Waals surface area (Å²) in [5.41, 5.74) is 8.17. The molecule has 0 atom stereocenters. The number of piperazine rings is 1. The molecule has 2 N–H and O–H groups in total. The molecule has 0 spiro atoms. The number of hydrogen-bond acceptors (Lipinski definition) is 5. The summed E-state index contributed by atoms with van der Waals surface area (Å²) in [6, 6.07) is 15.9. The number of benzene rings is 2. The fourth-order valence-corrected chi connectivity index (χ4v) is 3.40. The molecule has 1 aliphatic rings. The van der Waals surface area contributed by atoms with Crippen molar-refractivity contribution in [3.05, 3.63) is 59.1 Å². The number of nitrogen functional groups attached to an aromatic ring is 1. The van der Waals surface area contributed by atoms with E-state index in [0.29, 0.717) is 11.8 Å². The summed E-state index contributed by atoms with van der Waals surface area (Å²) in [5.74, 6) is 1.26. The molecule has 0 saturated carbocycles. The Hall–Kier alpha value is -2.37. The second kappa shape index (κ2) is 6.86. The van der Waals surface area contributed by atoms with E-state index in [-0.39, 0.29) is 0 Å². The largest absolute Gasteiger partial charge is 0.383 e. The first-order valence-corrected chi connectivity index (χ1v) is 8.81. The number of nitrogens with two attached hydrogens (primary N) is 1. The number of halogens is 1. The van der Waals surface area contributed by atoms with Gasteiger partial charge < -0.3 is 10.6 Å². The zero-order valence-corrected chi connectivity index (χ0v) is 14.7. The van der Waals surface area contributed by atoms with E-state index in [1.165, 1.54) is 5.56 Å². The number of para-hydroxylation sites is 1. The smallest absolute Gasteiger partial charge is 0.227 e. The molecule has 25 heavy (non-hydrogen) atoms. The predicted molar refractivity (Wildman–Crippen MR) is 103 cm³/mol. The first kappa shape index (κ1) is 16.1. The summed E-state index contributed by atoms with van der Waals surface area (Å²) < 4.78 is 0. The third kappa shape index (κ3) is 3.38. The lowest BCUT2D eigenvalue weighted by Gasteiger charge is -2.35. The van der Waals surface area contributed by atoms with Crippen LogP contribution in [0.25, 0.3) is 10.9 Å². The Morgan fingerprint density at radius 2 is 1.64 bits per heavy atom. The molecule has 5 nitrogen and oxygen atoms in total. The molecule has 128 valence electrons. The van der Waals surface area contributed by atoms with Gasteiger partial charge >= 0.3 is 0 Å². The maximum Gasteiger partial charge on any atom is 0.227 e. The topological polar surface area (TPSA) is 58.3 Å². The monoisotopic (exact) mass is 353 g/mol. The molecule has 1 fully saturated rings. The van der Waals surface area contributed by atoms with Gasteiger partial charge in [-0.05, 0) is 23.8 Å². The summed E-state index contributed by atoms with van der Waals surface area (Å²) in [6.07, 6.45) is 0. The fraction of sp³-hybridized carbons (Fsp3) is 0.263. The maximum atomic E-state index is 6.27. The van der Waals surface area contributed by atoms with Gasteiger partial charge in [-0.25, -0.2) is 4.98 Å². The highest BCUT2D eigenvalue weighted by molar-refractivity contribution is 6.31. The standard InChI is InChI=1S/C19H20ClN5/c20-16-7-3-1-5-14(16)13-24-9-11-25(12-10-24)19-22-17-8-4-2-6-15(17)18(21)23-19/h1-8H,9-13H2,(H2,21,22,23). The predicted octanol–water partition coefficient (Wildman–Crippen LogP) is 3.19. The van der Waals surface area contributed by atoms with Crippen LogP contribution in [0.1, 0.15) is 5.56 Å². The molecule has 0 bridgehead atoms. The molecule has 2 heterocycles. The summed E-state index contributed by atoms with van der Waals surface area (Å²) in [4.78, 5) is 13.8. The molecule has 4 rings (SSSR count). The first-order chi connectivity index (χ1) is 12.2.